The maximum atomic E-state index is 14.0. The van der Waals surface area contributed by atoms with E-state index in [9.17, 15) is 14.3 Å². The first-order chi connectivity index (χ1) is 10.1. The van der Waals surface area contributed by atoms with E-state index in [-0.39, 0.29) is 24.4 Å². The van der Waals surface area contributed by atoms with Gasteiger partial charge in [0.15, 0.2) is 12.0 Å². The Morgan fingerprint density at radius 2 is 2.19 bits per heavy atom. The molecule has 4 atom stereocenters. The molecular weight excluding hydrogens is 275 g/mol. The van der Waals surface area contributed by atoms with E-state index in [0.29, 0.717) is 5.56 Å². The normalized spacial score (nSPS) is 28.8. The summed E-state index contributed by atoms with van der Waals surface area (Å²) in [6.45, 7) is -0.266. The van der Waals surface area contributed by atoms with E-state index in [2.05, 4.69) is 15.3 Å². The maximum Gasteiger partial charge on any atom is 0.253 e. The SMILES string of the molecule is NC1=NC2C(N=CC2[C@@H](CO)c2ccccc2F)C(=O)N1. The number of nitrogens with one attached hydrogen (secondary N) is 1. The molecule has 2 aliphatic heterocycles. The van der Waals surface area contributed by atoms with Crippen molar-refractivity contribution in [2.45, 2.75) is 18.0 Å². The second kappa shape index (κ2) is 5.25. The summed E-state index contributed by atoms with van der Waals surface area (Å²) < 4.78 is 14.0. The van der Waals surface area contributed by atoms with Gasteiger partial charge in [-0.3, -0.25) is 15.1 Å². The van der Waals surface area contributed by atoms with Crippen molar-refractivity contribution in [3.63, 3.8) is 0 Å². The summed E-state index contributed by atoms with van der Waals surface area (Å²) in [6.07, 6.45) is 1.57. The minimum atomic E-state index is -0.664. The topological polar surface area (TPSA) is 100 Å². The number of rotatable bonds is 3. The molecule has 1 aromatic rings. The van der Waals surface area contributed by atoms with Crippen molar-refractivity contribution in [1.82, 2.24) is 5.32 Å². The van der Waals surface area contributed by atoms with Crippen molar-refractivity contribution in [2.75, 3.05) is 6.61 Å². The summed E-state index contributed by atoms with van der Waals surface area (Å²) >= 11 is 0. The molecule has 0 radical (unpaired) electrons. The van der Waals surface area contributed by atoms with E-state index in [1.165, 1.54) is 6.07 Å². The molecule has 3 unspecified atom stereocenters. The number of amides is 1. The van der Waals surface area contributed by atoms with E-state index < -0.39 is 23.8 Å². The maximum absolute atomic E-state index is 14.0. The molecule has 0 fully saturated rings. The molecule has 2 heterocycles. The highest BCUT2D eigenvalue weighted by Gasteiger charge is 2.44. The number of aliphatic hydroxyl groups is 1. The number of carbonyl (C=O) groups excluding carboxylic acids is 1. The molecule has 7 heteroatoms. The number of halogens is 1. The van der Waals surface area contributed by atoms with Crippen LogP contribution < -0.4 is 11.1 Å². The molecule has 2 aliphatic rings. The van der Waals surface area contributed by atoms with Gasteiger partial charge in [-0.1, -0.05) is 18.2 Å². The number of hydrogen-bond acceptors (Lipinski definition) is 5. The standard InChI is InChI=1S/C14H15FN4O2/c15-10-4-2-1-3-7(10)9(6-20)8-5-17-12-11(8)18-14(16)19-13(12)21/h1-5,8-9,11-12,20H,6H2,(H3,16,18,19,21)/t8?,9-,11?,12?/m0/s1. The molecule has 3 rings (SSSR count). The van der Waals surface area contributed by atoms with Gasteiger partial charge in [-0.15, -0.1) is 0 Å². The van der Waals surface area contributed by atoms with Gasteiger partial charge < -0.3 is 10.8 Å². The summed E-state index contributed by atoms with van der Waals surface area (Å²) in [7, 11) is 0. The Morgan fingerprint density at radius 1 is 1.43 bits per heavy atom. The van der Waals surface area contributed by atoms with E-state index >= 15 is 0 Å². The largest absolute Gasteiger partial charge is 0.396 e. The molecule has 4 N–H and O–H groups in total. The quantitative estimate of drug-likeness (QED) is 0.717. The van der Waals surface area contributed by atoms with Gasteiger partial charge >= 0.3 is 0 Å². The van der Waals surface area contributed by atoms with Gasteiger partial charge in [-0.05, 0) is 11.6 Å². The smallest absolute Gasteiger partial charge is 0.253 e. The number of guanidine groups is 1. The fourth-order valence-corrected chi connectivity index (χ4v) is 2.90. The molecule has 0 aliphatic carbocycles. The van der Waals surface area contributed by atoms with Gasteiger partial charge in [0.05, 0.1) is 12.6 Å². The van der Waals surface area contributed by atoms with Crippen LogP contribution in [0.5, 0.6) is 0 Å². The van der Waals surface area contributed by atoms with Crippen LogP contribution in [0.3, 0.4) is 0 Å². The molecule has 1 aromatic carbocycles. The van der Waals surface area contributed by atoms with Crippen LogP contribution in [0, 0.1) is 11.7 Å². The summed E-state index contributed by atoms with van der Waals surface area (Å²) in [4.78, 5) is 20.2. The number of nitrogens with zero attached hydrogens (tertiary/aromatic N) is 2. The Morgan fingerprint density at radius 3 is 2.90 bits per heavy atom. The summed E-state index contributed by atoms with van der Waals surface area (Å²) in [6, 6.07) is 5.08. The zero-order chi connectivity index (χ0) is 15.0. The predicted molar refractivity (Wildman–Crippen MR) is 75.5 cm³/mol. The molecule has 0 aromatic heterocycles. The highest BCUT2D eigenvalue weighted by Crippen LogP contribution is 2.35. The van der Waals surface area contributed by atoms with Crippen molar-refractivity contribution in [1.29, 1.82) is 0 Å². The second-order valence-corrected chi connectivity index (χ2v) is 5.13. The molecule has 110 valence electrons. The molecule has 6 nitrogen and oxygen atoms in total. The van der Waals surface area contributed by atoms with Crippen LogP contribution in [-0.4, -0.2) is 41.9 Å². The molecular formula is C14H15FN4O2. The summed E-state index contributed by atoms with van der Waals surface area (Å²) in [5, 5.41) is 12.1. The minimum absolute atomic E-state index is 0.0296. The van der Waals surface area contributed by atoms with Gasteiger partial charge in [-0.25, -0.2) is 9.38 Å². The van der Waals surface area contributed by atoms with Gasteiger partial charge in [0.25, 0.3) is 5.91 Å². The number of hydrogen-bond donors (Lipinski definition) is 3. The minimum Gasteiger partial charge on any atom is -0.396 e. The third kappa shape index (κ3) is 2.29. The molecule has 0 bridgehead atoms. The molecule has 21 heavy (non-hydrogen) atoms. The van der Waals surface area contributed by atoms with Crippen LogP contribution in [0.15, 0.2) is 34.3 Å². The lowest BCUT2D eigenvalue weighted by molar-refractivity contribution is -0.121. The fourth-order valence-electron chi connectivity index (χ4n) is 2.90. The second-order valence-electron chi connectivity index (χ2n) is 5.13. The Kier molecular flexibility index (Phi) is 3.42. The number of carbonyl (C=O) groups is 1. The number of aliphatic hydroxyl groups excluding tert-OH is 1. The van der Waals surface area contributed by atoms with E-state index in [0.717, 1.165) is 0 Å². The monoisotopic (exact) mass is 290 g/mol. The number of aliphatic imine (C=N–C) groups is 2. The Bertz CT molecular complexity index is 631. The van der Waals surface area contributed by atoms with Crippen LogP contribution in [0.25, 0.3) is 0 Å². The van der Waals surface area contributed by atoms with Crippen LogP contribution in [0.4, 0.5) is 4.39 Å². The molecule has 0 saturated heterocycles. The van der Waals surface area contributed by atoms with Gasteiger partial charge in [-0.2, -0.15) is 0 Å². The van der Waals surface area contributed by atoms with Crippen molar-refractivity contribution < 1.29 is 14.3 Å². The van der Waals surface area contributed by atoms with E-state index in [1.54, 1.807) is 24.4 Å². The van der Waals surface area contributed by atoms with Crippen LogP contribution >= 0.6 is 0 Å². The van der Waals surface area contributed by atoms with Gasteiger partial charge in [0.1, 0.15) is 5.82 Å². The first-order valence-corrected chi connectivity index (χ1v) is 6.64. The van der Waals surface area contributed by atoms with E-state index in [4.69, 9.17) is 5.73 Å². The lowest BCUT2D eigenvalue weighted by Crippen LogP contribution is -2.52. The van der Waals surface area contributed by atoms with Gasteiger partial charge in [0, 0.05) is 18.1 Å². The van der Waals surface area contributed by atoms with Crippen LogP contribution in [0.1, 0.15) is 11.5 Å². The lowest BCUT2D eigenvalue weighted by Gasteiger charge is -2.29. The first kappa shape index (κ1) is 13.7. The highest BCUT2D eigenvalue weighted by molar-refractivity contribution is 6.03. The lowest BCUT2D eigenvalue weighted by atomic mass is 9.81. The van der Waals surface area contributed by atoms with E-state index in [1.807, 2.05) is 0 Å². The van der Waals surface area contributed by atoms with Crippen molar-refractivity contribution in [3.8, 4) is 0 Å². The third-order valence-corrected chi connectivity index (χ3v) is 3.91. The van der Waals surface area contributed by atoms with Crippen molar-refractivity contribution in [3.05, 3.63) is 35.6 Å². The average Bonchev–Trinajstić information content (AvgIpc) is 2.86. The molecule has 0 spiro atoms. The summed E-state index contributed by atoms with van der Waals surface area (Å²) in [5.41, 5.74) is 5.97. The number of benzene rings is 1. The highest BCUT2D eigenvalue weighted by atomic mass is 19.1. The third-order valence-electron chi connectivity index (χ3n) is 3.91. The Hall–Kier alpha value is -2.28. The molecule has 0 saturated carbocycles. The van der Waals surface area contributed by atoms with Crippen molar-refractivity contribution >= 4 is 18.1 Å². The number of fused-ring (bicyclic) bond motifs is 1. The van der Waals surface area contributed by atoms with Crippen molar-refractivity contribution in [2.24, 2.45) is 21.6 Å². The first-order valence-electron chi connectivity index (χ1n) is 6.64. The Labute approximate surface area is 120 Å². The number of nitrogens with two attached hydrogens (primary N) is 1. The van der Waals surface area contributed by atoms with Gasteiger partial charge in [0.2, 0.25) is 0 Å². The molecule has 1 amide bonds. The van der Waals surface area contributed by atoms with Crippen LogP contribution in [-0.2, 0) is 4.79 Å². The Balaban J connectivity index is 1.96. The fraction of sp³-hybridized carbons (Fsp3) is 0.357. The predicted octanol–water partition coefficient (Wildman–Crippen LogP) is -0.216. The zero-order valence-electron chi connectivity index (χ0n) is 11.1. The van der Waals surface area contributed by atoms with Crippen LogP contribution in [0.2, 0.25) is 0 Å². The summed E-state index contributed by atoms with van der Waals surface area (Å²) in [5.74, 6) is -1.59. The average molecular weight is 290 g/mol. The zero-order valence-corrected chi connectivity index (χ0v) is 11.1.